The van der Waals surface area contributed by atoms with E-state index in [2.05, 4.69) is 15.5 Å². The standard InChI is InChI=1S/C14H14FN5O2S/c15-9-2-1-3-10(5-9)20-7-8(4-12(20)21)13(22)17-6-11-18-19-14(16)23-11/h1-3,5,8H,4,6-7H2,(H2,16,19)(H,17,22)/t8-/m0/s1. The second kappa shape index (κ2) is 6.29. The molecule has 0 unspecified atom stereocenters. The van der Waals surface area contributed by atoms with Crippen molar-refractivity contribution in [2.24, 2.45) is 5.92 Å². The molecule has 1 aliphatic rings. The predicted molar refractivity (Wildman–Crippen MR) is 83.0 cm³/mol. The Kier molecular flexibility index (Phi) is 4.20. The van der Waals surface area contributed by atoms with E-state index < -0.39 is 11.7 Å². The van der Waals surface area contributed by atoms with Crippen LogP contribution < -0.4 is 16.0 Å². The van der Waals surface area contributed by atoms with Gasteiger partial charge in [-0.2, -0.15) is 0 Å². The van der Waals surface area contributed by atoms with Gasteiger partial charge in [-0.25, -0.2) is 4.39 Å². The van der Waals surface area contributed by atoms with Crippen LogP contribution in [0.2, 0.25) is 0 Å². The molecule has 0 radical (unpaired) electrons. The lowest BCUT2D eigenvalue weighted by atomic mass is 10.1. The Morgan fingerprint density at radius 3 is 3.00 bits per heavy atom. The van der Waals surface area contributed by atoms with Crippen molar-refractivity contribution in [3.05, 3.63) is 35.1 Å². The number of nitrogen functional groups attached to an aromatic ring is 1. The van der Waals surface area contributed by atoms with Crippen LogP contribution in [0.25, 0.3) is 0 Å². The molecule has 7 nitrogen and oxygen atoms in total. The summed E-state index contributed by atoms with van der Waals surface area (Å²) in [5.41, 5.74) is 5.93. The van der Waals surface area contributed by atoms with Crippen molar-refractivity contribution in [3.63, 3.8) is 0 Å². The van der Waals surface area contributed by atoms with E-state index in [1.165, 1.54) is 34.4 Å². The molecule has 3 N–H and O–H groups in total. The van der Waals surface area contributed by atoms with Crippen molar-refractivity contribution in [2.75, 3.05) is 17.2 Å². The van der Waals surface area contributed by atoms with Crippen molar-refractivity contribution >= 4 is 34.0 Å². The van der Waals surface area contributed by atoms with Crippen molar-refractivity contribution in [1.82, 2.24) is 15.5 Å². The minimum atomic E-state index is -0.476. The number of amides is 2. The largest absolute Gasteiger partial charge is 0.374 e. The van der Waals surface area contributed by atoms with Gasteiger partial charge in [-0.15, -0.1) is 10.2 Å². The van der Waals surface area contributed by atoms with Crippen LogP contribution in [0.4, 0.5) is 15.2 Å². The van der Waals surface area contributed by atoms with Crippen molar-refractivity contribution in [1.29, 1.82) is 0 Å². The summed E-state index contributed by atoms with van der Waals surface area (Å²) in [6, 6.07) is 5.76. The number of nitrogens with zero attached hydrogens (tertiary/aromatic N) is 3. The fourth-order valence-electron chi connectivity index (χ4n) is 2.42. The minimum Gasteiger partial charge on any atom is -0.374 e. The summed E-state index contributed by atoms with van der Waals surface area (Å²) < 4.78 is 13.3. The molecule has 1 aromatic carbocycles. The van der Waals surface area contributed by atoms with Crippen molar-refractivity contribution < 1.29 is 14.0 Å². The molecule has 1 aliphatic heterocycles. The summed E-state index contributed by atoms with van der Waals surface area (Å²) in [5.74, 6) is -1.34. The molecule has 1 saturated heterocycles. The Bertz CT molecular complexity index is 750. The minimum absolute atomic E-state index is 0.0978. The first kappa shape index (κ1) is 15.3. The fourth-order valence-corrected chi connectivity index (χ4v) is 2.97. The van der Waals surface area contributed by atoms with Gasteiger partial charge in [-0.1, -0.05) is 17.4 Å². The maximum atomic E-state index is 13.3. The van der Waals surface area contributed by atoms with Gasteiger partial charge in [0.05, 0.1) is 12.5 Å². The molecule has 1 aromatic heterocycles. The topological polar surface area (TPSA) is 101 Å². The molecular formula is C14H14FN5O2S. The van der Waals surface area contributed by atoms with Crippen LogP contribution in [-0.2, 0) is 16.1 Å². The van der Waals surface area contributed by atoms with E-state index >= 15 is 0 Å². The Hall–Kier alpha value is -2.55. The first-order chi connectivity index (χ1) is 11.0. The normalized spacial score (nSPS) is 17.5. The van der Waals surface area contributed by atoms with E-state index in [1.54, 1.807) is 6.07 Å². The summed E-state index contributed by atoms with van der Waals surface area (Å²) in [6.45, 7) is 0.449. The first-order valence-corrected chi connectivity index (χ1v) is 7.76. The number of anilines is 2. The maximum Gasteiger partial charge on any atom is 0.227 e. The van der Waals surface area contributed by atoms with Crippen LogP contribution in [-0.4, -0.2) is 28.6 Å². The van der Waals surface area contributed by atoms with E-state index in [-0.39, 0.29) is 31.3 Å². The molecule has 2 amide bonds. The third-order valence-corrected chi connectivity index (χ3v) is 4.26. The highest BCUT2D eigenvalue weighted by atomic mass is 32.1. The lowest BCUT2D eigenvalue weighted by Crippen LogP contribution is -2.32. The van der Waals surface area contributed by atoms with Crippen LogP contribution in [0.1, 0.15) is 11.4 Å². The van der Waals surface area contributed by atoms with E-state index in [9.17, 15) is 14.0 Å². The molecule has 0 saturated carbocycles. The lowest BCUT2D eigenvalue weighted by molar-refractivity contribution is -0.126. The van der Waals surface area contributed by atoms with Gasteiger partial charge in [0.15, 0.2) is 0 Å². The average molecular weight is 335 g/mol. The molecule has 2 heterocycles. The Morgan fingerprint density at radius 2 is 2.30 bits per heavy atom. The third-order valence-electron chi connectivity index (χ3n) is 3.51. The summed E-state index contributed by atoms with van der Waals surface area (Å²) in [5, 5.41) is 11.1. The van der Waals surface area contributed by atoms with Crippen molar-refractivity contribution in [3.8, 4) is 0 Å². The smallest absolute Gasteiger partial charge is 0.227 e. The van der Waals surface area contributed by atoms with Gasteiger partial charge < -0.3 is 16.0 Å². The molecular weight excluding hydrogens is 321 g/mol. The second-order valence-corrected chi connectivity index (χ2v) is 6.23. The molecule has 1 atom stereocenters. The Labute approximate surface area is 135 Å². The summed E-state index contributed by atoms with van der Waals surface area (Å²) in [4.78, 5) is 25.7. The molecule has 9 heteroatoms. The average Bonchev–Trinajstić information content (AvgIpc) is 3.11. The molecule has 0 spiro atoms. The highest BCUT2D eigenvalue weighted by Crippen LogP contribution is 2.25. The molecule has 23 heavy (non-hydrogen) atoms. The van der Waals surface area contributed by atoms with Gasteiger partial charge in [0.25, 0.3) is 0 Å². The molecule has 0 bridgehead atoms. The van der Waals surface area contributed by atoms with Crippen LogP contribution in [0.3, 0.4) is 0 Å². The zero-order chi connectivity index (χ0) is 16.4. The molecule has 120 valence electrons. The quantitative estimate of drug-likeness (QED) is 0.865. The van der Waals surface area contributed by atoms with Crippen LogP contribution in [0.5, 0.6) is 0 Å². The van der Waals surface area contributed by atoms with Crippen molar-refractivity contribution in [2.45, 2.75) is 13.0 Å². The van der Waals surface area contributed by atoms with Crippen LogP contribution in [0, 0.1) is 11.7 Å². The van der Waals surface area contributed by atoms with Gasteiger partial charge in [0, 0.05) is 18.7 Å². The molecule has 0 aliphatic carbocycles. The number of nitrogens with one attached hydrogen (secondary N) is 1. The summed E-state index contributed by atoms with van der Waals surface area (Å²) in [7, 11) is 0. The first-order valence-electron chi connectivity index (χ1n) is 6.94. The highest BCUT2D eigenvalue weighted by Gasteiger charge is 2.35. The summed E-state index contributed by atoms with van der Waals surface area (Å²) >= 11 is 1.19. The van der Waals surface area contributed by atoms with Gasteiger partial charge in [-0.3, -0.25) is 9.59 Å². The monoisotopic (exact) mass is 335 g/mol. The van der Waals surface area contributed by atoms with Crippen LogP contribution in [0.15, 0.2) is 24.3 Å². The summed E-state index contributed by atoms with van der Waals surface area (Å²) in [6.07, 6.45) is 0.0978. The zero-order valence-electron chi connectivity index (χ0n) is 12.0. The van der Waals surface area contributed by atoms with Gasteiger partial charge in [0.1, 0.15) is 10.8 Å². The number of aromatic nitrogens is 2. The van der Waals surface area contributed by atoms with Gasteiger partial charge in [-0.05, 0) is 18.2 Å². The third kappa shape index (κ3) is 3.45. The molecule has 3 rings (SSSR count). The van der Waals surface area contributed by atoms with Gasteiger partial charge >= 0.3 is 0 Å². The Balaban J connectivity index is 1.61. The van der Waals surface area contributed by atoms with E-state index in [0.717, 1.165) is 0 Å². The predicted octanol–water partition coefficient (Wildman–Crippen LogP) is 0.929. The maximum absolute atomic E-state index is 13.3. The number of rotatable bonds is 4. The number of nitrogens with two attached hydrogens (primary N) is 1. The van der Waals surface area contributed by atoms with E-state index in [1.807, 2.05) is 0 Å². The fraction of sp³-hybridized carbons (Fsp3) is 0.286. The number of hydrogen-bond donors (Lipinski definition) is 2. The highest BCUT2D eigenvalue weighted by molar-refractivity contribution is 7.15. The Morgan fingerprint density at radius 1 is 1.48 bits per heavy atom. The van der Waals surface area contributed by atoms with E-state index in [0.29, 0.717) is 15.8 Å². The lowest BCUT2D eigenvalue weighted by Gasteiger charge is -2.16. The number of carbonyl (C=O) groups is 2. The molecule has 1 fully saturated rings. The van der Waals surface area contributed by atoms with Crippen LogP contribution >= 0.6 is 11.3 Å². The van der Waals surface area contributed by atoms with Gasteiger partial charge in [0.2, 0.25) is 16.9 Å². The number of halogens is 1. The number of hydrogen-bond acceptors (Lipinski definition) is 6. The van der Waals surface area contributed by atoms with E-state index in [4.69, 9.17) is 5.73 Å². The molecule has 2 aromatic rings. The SMILES string of the molecule is Nc1nnc(CNC(=O)[C@H]2CC(=O)N(c3cccc(F)c3)C2)s1. The zero-order valence-corrected chi connectivity index (χ0v) is 12.8. The number of carbonyl (C=O) groups excluding carboxylic acids is 2. The number of benzene rings is 1. The second-order valence-electron chi connectivity index (χ2n) is 5.14.